The number of carbonyl (C=O) groups excluding carboxylic acids is 1. The van der Waals surface area contributed by atoms with Crippen LogP contribution in [0.2, 0.25) is 0 Å². The number of aromatic hydroxyl groups is 1. The normalized spacial score (nSPS) is 11.4. The van der Waals surface area contributed by atoms with Gasteiger partial charge < -0.3 is 14.6 Å². The number of fused-ring (bicyclic) bond motifs is 1. The third-order valence-corrected chi connectivity index (χ3v) is 4.02. The third kappa shape index (κ3) is 4.12. The minimum atomic E-state index is -0.574. The monoisotopic (exact) mass is 382 g/mol. The van der Waals surface area contributed by atoms with E-state index >= 15 is 0 Å². The molecule has 1 amide bonds. The molecule has 1 aromatic heterocycles. The maximum Gasteiger partial charge on any atom is 0.302 e. The van der Waals surface area contributed by atoms with Gasteiger partial charge in [0.2, 0.25) is 5.88 Å². The molecule has 0 aliphatic rings. The van der Waals surface area contributed by atoms with Crippen LogP contribution in [0.3, 0.4) is 0 Å². The number of carbonyl (C=O) groups is 1. The van der Waals surface area contributed by atoms with Crippen molar-refractivity contribution in [2.45, 2.75) is 6.67 Å². The van der Waals surface area contributed by atoms with Gasteiger partial charge in [-0.3, -0.25) is 14.3 Å². The summed E-state index contributed by atoms with van der Waals surface area (Å²) in [4.78, 5) is 14.0. The van der Waals surface area contributed by atoms with E-state index < -0.39 is 5.91 Å². The van der Waals surface area contributed by atoms with E-state index in [-0.39, 0.29) is 18.2 Å². The lowest BCUT2D eigenvalue weighted by Crippen LogP contribution is -2.16. The van der Waals surface area contributed by atoms with Gasteiger partial charge in [-0.15, -0.1) is 10.2 Å². The highest BCUT2D eigenvalue weighted by atomic mass is 16.5. The fourth-order valence-electron chi connectivity index (χ4n) is 2.81. The molecule has 0 saturated carbocycles. The Morgan fingerprint density at radius 1 is 1.11 bits per heavy atom. The van der Waals surface area contributed by atoms with Crippen molar-refractivity contribution >= 4 is 22.5 Å². The van der Waals surface area contributed by atoms with Crippen molar-refractivity contribution in [1.82, 2.24) is 9.47 Å². The zero-order valence-corrected chi connectivity index (χ0v) is 16.0. The van der Waals surface area contributed by atoms with E-state index in [1.54, 1.807) is 28.8 Å². The van der Waals surface area contributed by atoms with E-state index in [1.807, 2.05) is 43.3 Å². The van der Waals surface area contributed by atoms with E-state index in [0.717, 1.165) is 5.52 Å². The molecule has 2 aromatic carbocycles. The van der Waals surface area contributed by atoms with E-state index in [4.69, 9.17) is 9.47 Å². The fraction of sp³-hybridized carbons (Fsp3) is 0.250. The van der Waals surface area contributed by atoms with E-state index in [0.29, 0.717) is 23.6 Å². The Balaban J connectivity index is 1.79. The topological polar surface area (TPSA) is 88.6 Å². The average Bonchev–Trinajstić information content (AvgIpc) is 2.96. The number of nitrogens with zero attached hydrogens (tertiary/aromatic N) is 4. The number of methoxy groups -OCH3 is 1. The Morgan fingerprint density at radius 3 is 2.50 bits per heavy atom. The van der Waals surface area contributed by atoms with Crippen LogP contribution >= 0.6 is 0 Å². The molecule has 0 radical (unpaired) electrons. The van der Waals surface area contributed by atoms with Crippen LogP contribution < -0.4 is 9.47 Å². The van der Waals surface area contributed by atoms with Crippen LogP contribution in [-0.2, 0) is 11.5 Å². The zero-order valence-electron chi connectivity index (χ0n) is 16.0. The number of aromatic nitrogens is 1. The van der Waals surface area contributed by atoms with E-state index in [9.17, 15) is 9.90 Å². The number of hydrogen-bond acceptors (Lipinski definition) is 6. The molecule has 0 aliphatic heterocycles. The van der Waals surface area contributed by atoms with Gasteiger partial charge in [-0.25, -0.2) is 0 Å². The summed E-state index contributed by atoms with van der Waals surface area (Å²) in [6, 6.07) is 14.4. The first-order valence-corrected chi connectivity index (χ1v) is 8.66. The fourth-order valence-corrected chi connectivity index (χ4v) is 2.81. The third-order valence-electron chi connectivity index (χ3n) is 4.02. The van der Waals surface area contributed by atoms with Crippen molar-refractivity contribution in [2.24, 2.45) is 10.2 Å². The molecule has 28 heavy (non-hydrogen) atoms. The molecule has 0 saturated heterocycles. The molecule has 0 aliphatic carbocycles. The van der Waals surface area contributed by atoms with Crippen molar-refractivity contribution in [2.75, 3.05) is 27.8 Å². The first-order valence-electron chi connectivity index (χ1n) is 8.66. The molecule has 146 valence electrons. The van der Waals surface area contributed by atoms with Gasteiger partial charge in [0, 0.05) is 5.39 Å². The smallest absolute Gasteiger partial charge is 0.302 e. The Kier molecular flexibility index (Phi) is 5.90. The molecular weight excluding hydrogens is 360 g/mol. The molecule has 0 unspecified atom stereocenters. The van der Waals surface area contributed by atoms with Crippen LogP contribution in [0.25, 0.3) is 10.9 Å². The highest BCUT2D eigenvalue weighted by Gasteiger charge is 2.17. The second-order valence-electron chi connectivity index (χ2n) is 6.37. The Morgan fingerprint density at radius 2 is 1.79 bits per heavy atom. The van der Waals surface area contributed by atoms with Crippen LogP contribution in [0.4, 0.5) is 5.69 Å². The number of benzene rings is 2. The van der Waals surface area contributed by atoms with Gasteiger partial charge in [0.1, 0.15) is 0 Å². The van der Waals surface area contributed by atoms with Crippen LogP contribution in [0.5, 0.6) is 17.4 Å². The van der Waals surface area contributed by atoms with Crippen molar-refractivity contribution < 1.29 is 19.4 Å². The summed E-state index contributed by atoms with van der Waals surface area (Å²) >= 11 is 0. The van der Waals surface area contributed by atoms with Crippen LogP contribution in [-0.4, -0.2) is 48.3 Å². The number of rotatable bonds is 7. The highest BCUT2D eigenvalue weighted by molar-refractivity contribution is 5.95. The van der Waals surface area contributed by atoms with Gasteiger partial charge in [0.05, 0.1) is 19.3 Å². The second-order valence-corrected chi connectivity index (χ2v) is 6.37. The van der Waals surface area contributed by atoms with Gasteiger partial charge in [0.15, 0.2) is 23.8 Å². The van der Waals surface area contributed by atoms with Crippen molar-refractivity contribution in [3.63, 3.8) is 0 Å². The summed E-state index contributed by atoms with van der Waals surface area (Å²) in [6.45, 7) is 0.174. The summed E-state index contributed by atoms with van der Waals surface area (Å²) in [6.07, 6.45) is 0. The number of para-hydroxylation sites is 3. The molecule has 1 N–H and O–H groups in total. The van der Waals surface area contributed by atoms with Crippen molar-refractivity contribution in [3.8, 4) is 17.4 Å². The summed E-state index contributed by atoms with van der Waals surface area (Å²) in [5.41, 5.74) is 1.06. The predicted octanol–water partition coefficient (Wildman–Crippen LogP) is 3.56. The largest absolute Gasteiger partial charge is 0.493 e. The molecule has 8 heteroatoms. The molecule has 0 bridgehead atoms. The predicted molar refractivity (Wildman–Crippen MR) is 105 cm³/mol. The van der Waals surface area contributed by atoms with Gasteiger partial charge >= 0.3 is 5.91 Å². The van der Waals surface area contributed by atoms with Crippen LogP contribution in [0.1, 0.15) is 0 Å². The van der Waals surface area contributed by atoms with Gasteiger partial charge in [0.25, 0.3) is 0 Å². The lowest BCUT2D eigenvalue weighted by atomic mass is 10.2. The summed E-state index contributed by atoms with van der Waals surface area (Å²) in [7, 11) is 5.32. The maximum absolute atomic E-state index is 12.1. The van der Waals surface area contributed by atoms with Crippen LogP contribution in [0.15, 0.2) is 58.8 Å². The Labute approximate surface area is 162 Å². The summed E-state index contributed by atoms with van der Waals surface area (Å²) in [5, 5.41) is 19.0. The lowest BCUT2D eigenvalue weighted by Gasteiger charge is -2.12. The Bertz CT molecular complexity index is 1010. The molecule has 0 spiro atoms. The van der Waals surface area contributed by atoms with Gasteiger partial charge in [-0.2, -0.15) is 0 Å². The number of hydrogen-bond donors (Lipinski definition) is 1. The van der Waals surface area contributed by atoms with Crippen LogP contribution in [0, 0.1) is 0 Å². The zero-order chi connectivity index (χ0) is 20.1. The van der Waals surface area contributed by atoms with E-state index in [2.05, 4.69) is 10.2 Å². The Hall–Kier alpha value is -3.39. The SMILES string of the molecule is COc1ccccc1OCC(=O)N=Nc1c(O)n(CN(C)C)c2ccccc12. The average molecular weight is 382 g/mol. The minimum Gasteiger partial charge on any atom is -0.493 e. The summed E-state index contributed by atoms with van der Waals surface area (Å²) < 4.78 is 12.3. The van der Waals surface area contributed by atoms with Gasteiger partial charge in [-0.05, 0) is 32.3 Å². The molecular formula is C20H22N4O4. The van der Waals surface area contributed by atoms with Crippen molar-refractivity contribution in [3.05, 3.63) is 48.5 Å². The van der Waals surface area contributed by atoms with E-state index in [1.165, 1.54) is 7.11 Å². The molecule has 3 aromatic rings. The number of amides is 1. The molecule has 0 atom stereocenters. The number of ether oxygens (including phenoxy) is 2. The molecule has 3 rings (SSSR count). The standard InChI is InChI=1S/C20H22N4O4/c1-23(2)13-24-15-9-5-4-8-14(15)19(20(24)26)22-21-18(25)12-28-17-11-7-6-10-16(17)27-3/h4-11,26H,12-13H2,1-3H3. The first-order chi connectivity index (χ1) is 13.5. The minimum absolute atomic E-state index is 0.0444. The summed E-state index contributed by atoms with van der Waals surface area (Å²) in [5.74, 6) is 0.350. The molecule has 8 nitrogen and oxygen atoms in total. The number of azo groups is 1. The molecule has 0 fully saturated rings. The molecule has 1 heterocycles. The van der Waals surface area contributed by atoms with Gasteiger partial charge in [-0.1, -0.05) is 30.3 Å². The highest BCUT2D eigenvalue weighted by Crippen LogP contribution is 2.38. The lowest BCUT2D eigenvalue weighted by molar-refractivity contribution is -0.120. The quantitative estimate of drug-likeness (QED) is 0.631. The first kappa shape index (κ1) is 19.4. The maximum atomic E-state index is 12.1. The second kappa shape index (κ2) is 8.53. The van der Waals surface area contributed by atoms with Crippen molar-refractivity contribution in [1.29, 1.82) is 0 Å².